The van der Waals surface area contributed by atoms with E-state index < -0.39 is 0 Å². The number of hydrogen-bond acceptors (Lipinski definition) is 0. The van der Waals surface area contributed by atoms with Gasteiger partial charge in [-0.15, -0.1) is 0 Å². The van der Waals surface area contributed by atoms with Crippen molar-refractivity contribution in [2.24, 2.45) is 59.2 Å². The second kappa shape index (κ2) is 28.0. The summed E-state index contributed by atoms with van der Waals surface area (Å²) in [5, 5.41) is 6.52. The van der Waals surface area contributed by atoms with Gasteiger partial charge in [-0.2, -0.15) is 0 Å². The Labute approximate surface area is 448 Å². The largest absolute Gasteiger partial charge is 0.0628 e. The molecule has 404 valence electrons. The molecule has 1 aliphatic rings. The molecule has 72 heavy (non-hydrogen) atoms. The van der Waals surface area contributed by atoms with Gasteiger partial charge in [-0.3, -0.25) is 0 Å². The fourth-order valence-corrected chi connectivity index (χ4v) is 12.6. The topological polar surface area (TPSA) is 0 Å². The van der Waals surface area contributed by atoms with Crippen molar-refractivity contribution in [3.05, 3.63) is 90.0 Å². The molecule has 0 unspecified atom stereocenters. The predicted octanol–water partition coefficient (Wildman–Crippen LogP) is 21.4. The fraction of sp³-hybridized carbons (Fsp3) is 0.722. The average Bonchev–Trinajstić information content (AvgIpc) is 3.28. The molecular formula is C72H116. The molecule has 0 spiro atoms. The first-order valence-corrected chi connectivity index (χ1v) is 31.2. The zero-order valence-corrected chi connectivity index (χ0v) is 51.5. The normalized spacial score (nSPS) is 13.3. The lowest BCUT2D eigenvalue weighted by Gasteiger charge is -2.35. The summed E-state index contributed by atoms with van der Waals surface area (Å²) in [6.45, 7) is 49.3. The van der Waals surface area contributed by atoms with E-state index in [1.165, 1.54) is 128 Å². The molecule has 0 saturated heterocycles. The fourth-order valence-electron chi connectivity index (χ4n) is 12.6. The first-order chi connectivity index (χ1) is 34.0. The van der Waals surface area contributed by atoms with Crippen LogP contribution in [0.5, 0.6) is 0 Å². The van der Waals surface area contributed by atoms with E-state index in [0.29, 0.717) is 59.2 Å². The van der Waals surface area contributed by atoms with Gasteiger partial charge in [0, 0.05) is 0 Å². The highest BCUT2D eigenvalue weighted by molar-refractivity contribution is 6.05. The predicted molar refractivity (Wildman–Crippen MR) is 325 cm³/mol. The van der Waals surface area contributed by atoms with E-state index in [0.717, 1.165) is 12.8 Å². The summed E-state index contributed by atoms with van der Waals surface area (Å²) in [5.74, 6) is 6.89. The van der Waals surface area contributed by atoms with Gasteiger partial charge in [0.15, 0.2) is 0 Å². The Morgan fingerprint density at radius 2 is 0.361 bits per heavy atom. The number of aryl methyl sites for hydroxylation is 4. The minimum atomic E-state index is 0.665. The first kappa shape index (κ1) is 60.3. The number of benzene rings is 4. The molecule has 4 aromatic carbocycles. The van der Waals surface area contributed by atoms with Gasteiger partial charge in [-0.1, -0.05) is 138 Å². The summed E-state index contributed by atoms with van der Waals surface area (Å²) in [6, 6.07) is 5.76. The number of fused-ring (bicyclic) bond motifs is 4. The number of hydrogen-bond donors (Lipinski definition) is 0. The number of rotatable bonds is 30. The zero-order chi connectivity index (χ0) is 53.1. The molecular weight excluding hydrogens is 865 g/mol. The van der Waals surface area contributed by atoms with Crippen LogP contribution in [0.2, 0.25) is 0 Å². The maximum atomic E-state index is 2.88. The van der Waals surface area contributed by atoms with Gasteiger partial charge >= 0.3 is 0 Å². The SMILES string of the molecule is CC(C)CCc1c(CCC(C)C)c(CCC(C)C)c2c(c1CCC(C)C)Cc1c(c(CCC(C)C)c3cc4c(CCC(C)C)c(CCC(C)C)c(CCC(C)C)c(CCC(C)C)c4cc3c1CCC(C)C)C2. The lowest BCUT2D eigenvalue weighted by Crippen LogP contribution is -2.22. The Bertz CT molecular complexity index is 2170. The van der Waals surface area contributed by atoms with Gasteiger partial charge in [0.25, 0.3) is 0 Å². The Morgan fingerprint density at radius 1 is 0.208 bits per heavy atom. The quantitative estimate of drug-likeness (QED) is 0.0402. The highest BCUT2D eigenvalue weighted by atomic mass is 14.4. The van der Waals surface area contributed by atoms with Crippen LogP contribution in [0.1, 0.15) is 281 Å². The Kier molecular flexibility index (Phi) is 23.4. The van der Waals surface area contributed by atoms with E-state index in [9.17, 15) is 0 Å². The van der Waals surface area contributed by atoms with Crippen LogP contribution in [0.4, 0.5) is 0 Å². The van der Waals surface area contributed by atoms with Gasteiger partial charge in [0.2, 0.25) is 0 Å². The maximum Gasteiger partial charge on any atom is -0.00141 e. The molecule has 0 radical (unpaired) electrons. The summed E-state index contributed by atoms with van der Waals surface area (Å²) in [4.78, 5) is 0. The van der Waals surface area contributed by atoms with Crippen LogP contribution in [0, 0.1) is 59.2 Å². The van der Waals surface area contributed by atoms with Gasteiger partial charge in [0.1, 0.15) is 0 Å². The van der Waals surface area contributed by atoms with Crippen molar-refractivity contribution in [2.75, 3.05) is 0 Å². The van der Waals surface area contributed by atoms with Crippen LogP contribution in [-0.4, -0.2) is 0 Å². The van der Waals surface area contributed by atoms with Gasteiger partial charge < -0.3 is 0 Å². The molecule has 0 fully saturated rings. The minimum absolute atomic E-state index is 0.665. The van der Waals surface area contributed by atoms with Crippen LogP contribution in [0.3, 0.4) is 0 Å². The molecule has 4 aromatic rings. The Hall–Kier alpha value is -2.60. The molecule has 0 saturated carbocycles. The van der Waals surface area contributed by atoms with Gasteiger partial charge in [-0.05, 0) is 312 Å². The van der Waals surface area contributed by atoms with Crippen molar-refractivity contribution in [3.63, 3.8) is 0 Å². The van der Waals surface area contributed by atoms with Crippen molar-refractivity contribution in [1.82, 2.24) is 0 Å². The third-order valence-electron chi connectivity index (χ3n) is 17.3. The van der Waals surface area contributed by atoms with E-state index in [2.05, 4.69) is 151 Å². The molecule has 0 aliphatic heterocycles. The minimum Gasteiger partial charge on any atom is -0.0628 e. The van der Waals surface area contributed by atoms with Crippen molar-refractivity contribution < 1.29 is 0 Å². The van der Waals surface area contributed by atoms with Crippen LogP contribution >= 0.6 is 0 Å². The van der Waals surface area contributed by atoms with Crippen LogP contribution < -0.4 is 0 Å². The molecule has 0 amide bonds. The summed E-state index contributed by atoms with van der Waals surface area (Å²) in [6.07, 6.45) is 27.1. The van der Waals surface area contributed by atoms with Crippen molar-refractivity contribution in [1.29, 1.82) is 0 Å². The third-order valence-corrected chi connectivity index (χ3v) is 17.3. The second-order valence-electron chi connectivity index (χ2n) is 28.3. The lowest BCUT2D eigenvalue weighted by atomic mass is 9.70. The Morgan fingerprint density at radius 3 is 0.583 bits per heavy atom. The van der Waals surface area contributed by atoms with E-state index in [1.807, 2.05) is 0 Å². The third kappa shape index (κ3) is 16.2. The molecule has 0 heteroatoms. The molecule has 0 bridgehead atoms. The van der Waals surface area contributed by atoms with Crippen LogP contribution in [-0.2, 0) is 77.0 Å². The average molecular weight is 982 g/mol. The van der Waals surface area contributed by atoms with Crippen molar-refractivity contribution in [3.8, 4) is 0 Å². The summed E-state index contributed by atoms with van der Waals surface area (Å²) < 4.78 is 0. The summed E-state index contributed by atoms with van der Waals surface area (Å²) in [7, 11) is 0. The van der Waals surface area contributed by atoms with Crippen LogP contribution in [0.25, 0.3) is 21.5 Å². The highest BCUT2D eigenvalue weighted by Gasteiger charge is 2.32. The zero-order valence-electron chi connectivity index (χ0n) is 51.5. The molecule has 0 nitrogen and oxygen atoms in total. The van der Waals surface area contributed by atoms with E-state index in [4.69, 9.17) is 0 Å². The van der Waals surface area contributed by atoms with E-state index in [1.54, 1.807) is 99.4 Å². The molecule has 0 heterocycles. The molecule has 5 rings (SSSR count). The molecule has 0 atom stereocenters. The molecule has 0 N–H and O–H groups in total. The molecule has 1 aliphatic carbocycles. The smallest absolute Gasteiger partial charge is 0.00141 e. The standard InChI is InChI=1S/C72H116/c1-45(2)21-31-55-56(32-22-46(3)4)60(36-26-50(11)12)66-42-70-64(40-30-54(19)20)72-44-68-62(38-28-52(15)16)58(34-24-48(7)8)57(33-23-47(5)6)61(37-27-51(13)14)67(68)43-71(72)63(39-29-53(17)18)69(70)41-65(66)59(55)35-25-49(9)10/h41-42,45-54H,21-40,43-44H2,1-20H3. The van der Waals surface area contributed by atoms with E-state index in [-0.39, 0.29) is 0 Å². The molecule has 0 aromatic heterocycles. The first-order valence-electron chi connectivity index (χ1n) is 31.2. The second-order valence-corrected chi connectivity index (χ2v) is 28.3. The van der Waals surface area contributed by atoms with Crippen LogP contribution in [0.15, 0.2) is 12.1 Å². The van der Waals surface area contributed by atoms with Crippen molar-refractivity contribution in [2.45, 2.75) is 280 Å². The highest BCUT2D eigenvalue weighted by Crippen LogP contribution is 2.47. The van der Waals surface area contributed by atoms with Gasteiger partial charge in [-0.25, -0.2) is 0 Å². The van der Waals surface area contributed by atoms with E-state index >= 15 is 0 Å². The lowest BCUT2D eigenvalue weighted by molar-refractivity contribution is 0.550. The summed E-state index contributed by atoms with van der Waals surface area (Å²) >= 11 is 0. The van der Waals surface area contributed by atoms with Gasteiger partial charge in [0.05, 0.1) is 0 Å². The maximum absolute atomic E-state index is 2.88. The summed E-state index contributed by atoms with van der Waals surface area (Å²) in [5.41, 5.74) is 24.7. The monoisotopic (exact) mass is 981 g/mol. The Balaban J connectivity index is 2.05. The van der Waals surface area contributed by atoms with Crippen molar-refractivity contribution >= 4 is 21.5 Å².